The molecule has 2 fully saturated rings. The first-order chi connectivity index (χ1) is 8.33. The Bertz CT molecular complexity index is 361. The Hall–Kier alpha value is -0.830. The van der Waals surface area contributed by atoms with E-state index in [0.717, 1.165) is 6.04 Å². The molecule has 0 radical (unpaired) electrons. The van der Waals surface area contributed by atoms with Crippen LogP contribution in [0.4, 0.5) is 0 Å². The summed E-state index contributed by atoms with van der Waals surface area (Å²) in [4.78, 5) is 8.20. The van der Waals surface area contributed by atoms with Gasteiger partial charge >= 0.3 is 0 Å². The Labute approximate surface area is 103 Å². The first-order valence-electron chi connectivity index (χ1n) is 7.14. The molecular formula is C14H23N3. The molecule has 3 heteroatoms. The van der Waals surface area contributed by atoms with Gasteiger partial charge in [-0.25, -0.2) is 4.98 Å². The Morgan fingerprint density at radius 2 is 2.00 bits per heavy atom. The Kier molecular flexibility index (Phi) is 3.19. The van der Waals surface area contributed by atoms with Crippen LogP contribution in [-0.2, 0) is 0 Å². The van der Waals surface area contributed by atoms with E-state index in [9.17, 15) is 0 Å². The van der Waals surface area contributed by atoms with Gasteiger partial charge in [0.15, 0.2) is 0 Å². The molecule has 2 N–H and O–H groups in total. The van der Waals surface area contributed by atoms with Crippen LogP contribution >= 0.6 is 0 Å². The van der Waals surface area contributed by atoms with Gasteiger partial charge in [0.1, 0.15) is 5.82 Å². The van der Waals surface area contributed by atoms with Crippen LogP contribution in [-0.4, -0.2) is 16.0 Å². The number of imidazole rings is 1. The van der Waals surface area contributed by atoms with Crippen LogP contribution < -0.4 is 5.32 Å². The van der Waals surface area contributed by atoms with Crippen molar-refractivity contribution < 1.29 is 0 Å². The molecule has 2 saturated carbocycles. The second-order valence-corrected chi connectivity index (χ2v) is 5.71. The highest BCUT2D eigenvalue weighted by Crippen LogP contribution is 2.31. The molecule has 2 aliphatic carbocycles. The molecule has 0 spiro atoms. The summed E-state index contributed by atoms with van der Waals surface area (Å²) in [5, 5.41) is 3.60. The maximum atomic E-state index is 4.80. The van der Waals surface area contributed by atoms with Crippen molar-refractivity contribution in [3.63, 3.8) is 0 Å². The predicted molar refractivity (Wildman–Crippen MR) is 69.0 cm³/mol. The van der Waals surface area contributed by atoms with Crippen molar-refractivity contribution in [2.45, 2.75) is 69.9 Å². The van der Waals surface area contributed by atoms with Crippen LogP contribution in [0.2, 0.25) is 0 Å². The van der Waals surface area contributed by atoms with E-state index in [2.05, 4.69) is 23.4 Å². The van der Waals surface area contributed by atoms with E-state index >= 15 is 0 Å². The number of rotatable bonds is 4. The zero-order valence-electron chi connectivity index (χ0n) is 10.7. The molecule has 3 nitrogen and oxygen atoms in total. The normalized spacial score (nSPS) is 23.8. The molecule has 0 bridgehead atoms. The molecule has 3 rings (SSSR count). The molecule has 1 atom stereocenters. The zero-order chi connectivity index (χ0) is 11.7. The molecule has 94 valence electrons. The van der Waals surface area contributed by atoms with E-state index in [1.165, 1.54) is 56.5 Å². The fourth-order valence-electron chi connectivity index (χ4n) is 2.85. The highest BCUT2D eigenvalue weighted by atomic mass is 15.0. The summed E-state index contributed by atoms with van der Waals surface area (Å²) in [7, 11) is 0. The molecule has 0 aromatic carbocycles. The van der Waals surface area contributed by atoms with E-state index in [1.807, 2.05) is 0 Å². The topological polar surface area (TPSA) is 40.7 Å². The highest BCUT2D eigenvalue weighted by molar-refractivity contribution is 5.10. The Balaban J connectivity index is 1.63. The summed E-state index contributed by atoms with van der Waals surface area (Å²) in [5.41, 5.74) is 1.19. The second-order valence-electron chi connectivity index (χ2n) is 5.71. The van der Waals surface area contributed by atoms with Crippen molar-refractivity contribution in [2.75, 3.05) is 0 Å². The van der Waals surface area contributed by atoms with Crippen molar-refractivity contribution in [2.24, 2.45) is 0 Å². The number of aromatic nitrogens is 2. The van der Waals surface area contributed by atoms with Crippen molar-refractivity contribution in [3.05, 3.63) is 17.7 Å². The van der Waals surface area contributed by atoms with Gasteiger partial charge in [0.05, 0.1) is 5.69 Å². The molecule has 0 amide bonds. The number of hydrogen-bond acceptors (Lipinski definition) is 2. The monoisotopic (exact) mass is 233 g/mol. The maximum absolute atomic E-state index is 4.80. The van der Waals surface area contributed by atoms with Crippen LogP contribution in [0.25, 0.3) is 0 Å². The van der Waals surface area contributed by atoms with E-state index in [4.69, 9.17) is 4.98 Å². The van der Waals surface area contributed by atoms with Gasteiger partial charge in [0.25, 0.3) is 0 Å². The minimum atomic E-state index is 0.399. The van der Waals surface area contributed by atoms with Crippen LogP contribution in [0.3, 0.4) is 0 Å². The average Bonchev–Trinajstić information content (AvgIpc) is 3.04. The van der Waals surface area contributed by atoms with Crippen molar-refractivity contribution in [1.29, 1.82) is 0 Å². The van der Waals surface area contributed by atoms with Crippen LogP contribution in [0, 0.1) is 0 Å². The lowest BCUT2D eigenvalue weighted by molar-refractivity contribution is 0.429. The molecule has 0 unspecified atom stereocenters. The standard InChI is InChI=1S/C14H23N3/c1-10(16-12-7-8-12)13-9-15-14(17-13)11-5-3-2-4-6-11/h9-12,16H,2-8H2,1H3,(H,15,17)/t10-/m1/s1. The minimum absolute atomic E-state index is 0.399. The molecule has 1 aromatic rings. The third kappa shape index (κ3) is 2.71. The molecular weight excluding hydrogens is 210 g/mol. The lowest BCUT2D eigenvalue weighted by atomic mass is 9.89. The van der Waals surface area contributed by atoms with Gasteiger partial charge in [-0.05, 0) is 32.6 Å². The van der Waals surface area contributed by atoms with Gasteiger partial charge in [-0.1, -0.05) is 19.3 Å². The van der Waals surface area contributed by atoms with Crippen molar-refractivity contribution in [3.8, 4) is 0 Å². The molecule has 2 aliphatic rings. The summed E-state index contributed by atoms with van der Waals surface area (Å²) < 4.78 is 0. The summed E-state index contributed by atoms with van der Waals surface area (Å²) in [5.74, 6) is 1.91. The van der Waals surface area contributed by atoms with Gasteiger partial charge in [-0.15, -0.1) is 0 Å². The smallest absolute Gasteiger partial charge is 0.109 e. The average molecular weight is 233 g/mol. The quantitative estimate of drug-likeness (QED) is 0.838. The third-order valence-corrected chi connectivity index (χ3v) is 4.12. The van der Waals surface area contributed by atoms with Crippen molar-refractivity contribution in [1.82, 2.24) is 15.3 Å². The third-order valence-electron chi connectivity index (χ3n) is 4.12. The van der Waals surface area contributed by atoms with E-state index < -0.39 is 0 Å². The lowest BCUT2D eigenvalue weighted by Crippen LogP contribution is -2.21. The molecule has 1 heterocycles. The SMILES string of the molecule is C[C@@H](NC1CC1)c1c[nH]c(C2CCCCC2)n1. The number of nitrogens with zero attached hydrogens (tertiary/aromatic N) is 1. The van der Waals surface area contributed by atoms with E-state index in [-0.39, 0.29) is 0 Å². The van der Waals surface area contributed by atoms with Crippen molar-refractivity contribution >= 4 is 0 Å². The first-order valence-corrected chi connectivity index (χ1v) is 7.14. The number of H-pyrrole nitrogens is 1. The maximum Gasteiger partial charge on any atom is 0.109 e. The van der Waals surface area contributed by atoms with Gasteiger partial charge < -0.3 is 10.3 Å². The van der Waals surface area contributed by atoms with Crippen LogP contribution in [0.15, 0.2) is 6.20 Å². The molecule has 0 aliphatic heterocycles. The first kappa shape index (κ1) is 11.3. The molecule has 17 heavy (non-hydrogen) atoms. The summed E-state index contributed by atoms with van der Waals surface area (Å²) in [6.45, 7) is 2.22. The van der Waals surface area contributed by atoms with Gasteiger partial charge in [-0.3, -0.25) is 0 Å². The molecule has 1 aromatic heterocycles. The fourth-order valence-corrected chi connectivity index (χ4v) is 2.85. The summed E-state index contributed by atoms with van der Waals surface area (Å²) >= 11 is 0. The Morgan fingerprint density at radius 3 is 2.71 bits per heavy atom. The van der Waals surface area contributed by atoms with Crippen LogP contribution in [0.5, 0.6) is 0 Å². The largest absolute Gasteiger partial charge is 0.348 e. The fraction of sp³-hybridized carbons (Fsp3) is 0.786. The lowest BCUT2D eigenvalue weighted by Gasteiger charge is -2.19. The molecule has 0 saturated heterocycles. The highest BCUT2D eigenvalue weighted by Gasteiger charge is 2.25. The number of aromatic amines is 1. The van der Waals surface area contributed by atoms with Gasteiger partial charge in [0, 0.05) is 24.2 Å². The predicted octanol–water partition coefficient (Wildman–Crippen LogP) is 3.27. The van der Waals surface area contributed by atoms with E-state index in [0.29, 0.717) is 12.0 Å². The van der Waals surface area contributed by atoms with Gasteiger partial charge in [0.2, 0.25) is 0 Å². The van der Waals surface area contributed by atoms with Gasteiger partial charge in [-0.2, -0.15) is 0 Å². The number of nitrogens with one attached hydrogen (secondary N) is 2. The Morgan fingerprint density at radius 1 is 1.24 bits per heavy atom. The summed E-state index contributed by atoms with van der Waals surface area (Å²) in [6, 6.07) is 1.15. The van der Waals surface area contributed by atoms with E-state index in [1.54, 1.807) is 0 Å². The summed E-state index contributed by atoms with van der Waals surface area (Å²) in [6.07, 6.45) is 11.6. The zero-order valence-corrected chi connectivity index (χ0v) is 10.7. The minimum Gasteiger partial charge on any atom is -0.348 e. The van der Waals surface area contributed by atoms with Crippen LogP contribution in [0.1, 0.15) is 75.3 Å². The number of hydrogen-bond donors (Lipinski definition) is 2. The second kappa shape index (κ2) is 4.81.